The summed E-state index contributed by atoms with van der Waals surface area (Å²) in [6.07, 6.45) is 10.6. The summed E-state index contributed by atoms with van der Waals surface area (Å²) < 4.78 is 0. The molecule has 0 bridgehead atoms. The lowest BCUT2D eigenvalue weighted by Gasteiger charge is -2.29. The number of rotatable bonds is 5. The highest BCUT2D eigenvalue weighted by Gasteiger charge is 2.22. The maximum atomic E-state index is 12.3. The van der Waals surface area contributed by atoms with Crippen molar-refractivity contribution in [1.29, 1.82) is 0 Å². The van der Waals surface area contributed by atoms with Gasteiger partial charge < -0.3 is 10.6 Å². The first-order chi connectivity index (χ1) is 9.74. The van der Waals surface area contributed by atoms with Crippen LogP contribution in [0.2, 0.25) is 0 Å². The molecule has 2 rings (SSSR count). The number of hydrogen-bond acceptors (Lipinski definition) is 3. The lowest BCUT2D eigenvalue weighted by Crippen LogP contribution is -2.37. The molecule has 0 radical (unpaired) electrons. The van der Waals surface area contributed by atoms with Crippen LogP contribution in [0.5, 0.6) is 0 Å². The van der Waals surface area contributed by atoms with Crippen molar-refractivity contribution in [3.8, 4) is 0 Å². The first-order valence-electron chi connectivity index (χ1n) is 7.67. The molecule has 1 amide bonds. The zero-order valence-corrected chi connectivity index (χ0v) is 12.5. The van der Waals surface area contributed by atoms with Gasteiger partial charge in [0.25, 0.3) is 5.91 Å². The first kappa shape index (κ1) is 14.8. The van der Waals surface area contributed by atoms with Crippen LogP contribution in [0.25, 0.3) is 0 Å². The van der Waals surface area contributed by atoms with Crippen molar-refractivity contribution < 1.29 is 4.79 Å². The molecule has 0 saturated heterocycles. The Labute approximate surface area is 121 Å². The molecular weight excluding hydrogens is 250 g/mol. The molecule has 1 aliphatic rings. The van der Waals surface area contributed by atoms with Crippen LogP contribution < -0.4 is 10.6 Å². The second kappa shape index (κ2) is 7.27. The van der Waals surface area contributed by atoms with Gasteiger partial charge in [-0.25, -0.2) is 0 Å². The standard InChI is InChI=1S/C16H25N3O/c1-3-4-12-5-7-13(8-6-12)19-16(20)14-11-18-10-9-15(14)17-2/h9-13H,3-8H2,1-2H3,(H,17,18)(H,19,20). The molecule has 4 heteroatoms. The molecule has 20 heavy (non-hydrogen) atoms. The molecule has 1 saturated carbocycles. The van der Waals surface area contributed by atoms with Crippen molar-refractivity contribution in [2.45, 2.75) is 51.5 Å². The average Bonchev–Trinajstić information content (AvgIpc) is 2.49. The summed E-state index contributed by atoms with van der Waals surface area (Å²) in [5.41, 5.74) is 1.46. The SMILES string of the molecule is CCCC1CCC(NC(=O)c2cnccc2NC)CC1. The summed E-state index contributed by atoms with van der Waals surface area (Å²) in [5, 5.41) is 6.19. The Morgan fingerprint density at radius 2 is 2.10 bits per heavy atom. The fourth-order valence-corrected chi connectivity index (χ4v) is 3.06. The van der Waals surface area contributed by atoms with Crippen LogP contribution in [-0.4, -0.2) is 24.0 Å². The molecule has 0 spiro atoms. The lowest BCUT2D eigenvalue weighted by molar-refractivity contribution is 0.0921. The minimum Gasteiger partial charge on any atom is -0.387 e. The van der Waals surface area contributed by atoms with Crippen molar-refractivity contribution in [1.82, 2.24) is 10.3 Å². The predicted octanol–water partition coefficient (Wildman–Crippen LogP) is 3.21. The smallest absolute Gasteiger partial charge is 0.255 e. The minimum absolute atomic E-state index is 0.0126. The van der Waals surface area contributed by atoms with Gasteiger partial charge >= 0.3 is 0 Å². The fraction of sp³-hybridized carbons (Fsp3) is 0.625. The van der Waals surface area contributed by atoms with Crippen LogP contribution in [0, 0.1) is 5.92 Å². The number of hydrogen-bond donors (Lipinski definition) is 2. The largest absolute Gasteiger partial charge is 0.387 e. The van der Waals surface area contributed by atoms with Gasteiger partial charge in [0, 0.05) is 31.2 Å². The summed E-state index contributed by atoms with van der Waals surface area (Å²) in [6.45, 7) is 2.25. The van der Waals surface area contributed by atoms with Gasteiger partial charge in [0.1, 0.15) is 0 Å². The molecule has 0 aliphatic heterocycles. The Morgan fingerprint density at radius 1 is 1.35 bits per heavy atom. The van der Waals surface area contributed by atoms with E-state index in [0.717, 1.165) is 24.4 Å². The van der Waals surface area contributed by atoms with E-state index in [2.05, 4.69) is 22.5 Å². The van der Waals surface area contributed by atoms with Gasteiger partial charge in [0.2, 0.25) is 0 Å². The number of carbonyl (C=O) groups excluding carboxylic acids is 1. The number of carbonyl (C=O) groups is 1. The fourth-order valence-electron chi connectivity index (χ4n) is 3.06. The summed E-state index contributed by atoms with van der Waals surface area (Å²) in [5.74, 6) is 0.848. The van der Waals surface area contributed by atoms with Crippen LogP contribution in [0.1, 0.15) is 55.8 Å². The molecule has 0 aromatic carbocycles. The van der Waals surface area contributed by atoms with Gasteiger partial charge in [-0.05, 0) is 37.7 Å². The maximum Gasteiger partial charge on any atom is 0.255 e. The predicted molar refractivity (Wildman–Crippen MR) is 81.9 cm³/mol. The third-order valence-corrected chi connectivity index (χ3v) is 4.21. The molecule has 4 nitrogen and oxygen atoms in total. The molecule has 1 aromatic rings. The van der Waals surface area contributed by atoms with E-state index in [4.69, 9.17) is 0 Å². The van der Waals surface area contributed by atoms with Crippen molar-refractivity contribution in [3.63, 3.8) is 0 Å². The second-order valence-electron chi connectivity index (χ2n) is 5.65. The quantitative estimate of drug-likeness (QED) is 0.867. The highest BCUT2D eigenvalue weighted by atomic mass is 16.1. The Morgan fingerprint density at radius 3 is 2.75 bits per heavy atom. The molecule has 1 aliphatic carbocycles. The van der Waals surface area contributed by atoms with E-state index >= 15 is 0 Å². The van der Waals surface area contributed by atoms with Crippen LogP contribution in [0.15, 0.2) is 18.5 Å². The zero-order valence-electron chi connectivity index (χ0n) is 12.5. The number of aromatic nitrogens is 1. The minimum atomic E-state index is -0.0126. The second-order valence-corrected chi connectivity index (χ2v) is 5.65. The van der Waals surface area contributed by atoms with Gasteiger partial charge in [-0.15, -0.1) is 0 Å². The molecule has 0 unspecified atom stereocenters. The summed E-state index contributed by atoms with van der Waals surface area (Å²) in [7, 11) is 1.82. The Bertz CT molecular complexity index is 439. The van der Waals surface area contributed by atoms with E-state index in [0.29, 0.717) is 11.6 Å². The highest BCUT2D eigenvalue weighted by molar-refractivity contribution is 5.99. The number of amides is 1. The molecule has 2 N–H and O–H groups in total. The van der Waals surface area contributed by atoms with Gasteiger partial charge in [-0.1, -0.05) is 19.8 Å². The summed E-state index contributed by atoms with van der Waals surface area (Å²) in [4.78, 5) is 16.4. The van der Waals surface area contributed by atoms with E-state index < -0.39 is 0 Å². The van der Waals surface area contributed by atoms with Crippen molar-refractivity contribution >= 4 is 11.6 Å². The third kappa shape index (κ3) is 3.71. The van der Waals surface area contributed by atoms with E-state index in [1.54, 1.807) is 12.4 Å². The molecular formula is C16H25N3O. The molecule has 1 fully saturated rings. The zero-order chi connectivity index (χ0) is 14.4. The average molecular weight is 275 g/mol. The first-order valence-corrected chi connectivity index (χ1v) is 7.67. The van der Waals surface area contributed by atoms with Crippen LogP contribution in [-0.2, 0) is 0 Å². The highest BCUT2D eigenvalue weighted by Crippen LogP contribution is 2.28. The maximum absolute atomic E-state index is 12.3. The Balaban J connectivity index is 1.89. The number of pyridine rings is 1. The number of anilines is 1. The molecule has 110 valence electrons. The van der Waals surface area contributed by atoms with Crippen LogP contribution >= 0.6 is 0 Å². The number of nitrogens with zero attached hydrogens (tertiary/aromatic N) is 1. The molecule has 1 heterocycles. The Kier molecular flexibility index (Phi) is 5.39. The molecule has 1 aromatic heterocycles. The van der Waals surface area contributed by atoms with Gasteiger partial charge in [0.15, 0.2) is 0 Å². The van der Waals surface area contributed by atoms with Crippen molar-refractivity contribution in [2.24, 2.45) is 5.92 Å². The van der Waals surface area contributed by atoms with E-state index in [-0.39, 0.29) is 5.91 Å². The van der Waals surface area contributed by atoms with E-state index in [1.807, 2.05) is 13.1 Å². The van der Waals surface area contributed by atoms with E-state index in [1.165, 1.54) is 25.7 Å². The van der Waals surface area contributed by atoms with Crippen LogP contribution in [0.3, 0.4) is 0 Å². The van der Waals surface area contributed by atoms with Crippen molar-refractivity contribution in [3.05, 3.63) is 24.0 Å². The van der Waals surface area contributed by atoms with Gasteiger partial charge in [-0.3, -0.25) is 9.78 Å². The lowest BCUT2D eigenvalue weighted by atomic mass is 9.83. The summed E-state index contributed by atoms with van der Waals surface area (Å²) in [6, 6.07) is 2.15. The van der Waals surface area contributed by atoms with E-state index in [9.17, 15) is 4.79 Å². The van der Waals surface area contributed by atoms with Crippen molar-refractivity contribution in [2.75, 3.05) is 12.4 Å². The van der Waals surface area contributed by atoms with Crippen LogP contribution in [0.4, 0.5) is 5.69 Å². The Hall–Kier alpha value is -1.58. The topological polar surface area (TPSA) is 54.0 Å². The van der Waals surface area contributed by atoms with Gasteiger partial charge in [-0.2, -0.15) is 0 Å². The third-order valence-electron chi connectivity index (χ3n) is 4.21. The summed E-state index contributed by atoms with van der Waals surface area (Å²) >= 11 is 0. The number of nitrogens with one attached hydrogen (secondary N) is 2. The molecule has 0 atom stereocenters. The van der Waals surface area contributed by atoms with Gasteiger partial charge in [0.05, 0.1) is 5.56 Å². The normalized spacial score (nSPS) is 22.3. The monoisotopic (exact) mass is 275 g/mol.